The maximum atomic E-state index is 5.81. The zero-order valence-corrected chi connectivity index (χ0v) is 8.57. The molecule has 1 aromatic carbocycles. The number of hydrogen-bond acceptors (Lipinski definition) is 1. The molecule has 0 aliphatic heterocycles. The van der Waals surface area contributed by atoms with Crippen molar-refractivity contribution in [2.24, 2.45) is 0 Å². The Morgan fingerprint density at radius 2 is 2.21 bits per heavy atom. The molecule has 14 heavy (non-hydrogen) atoms. The van der Waals surface area contributed by atoms with Crippen molar-refractivity contribution in [3.8, 4) is 0 Å². The molecular weight excluding hydrogens is 172 g/mol. The van der Waals surface area contributed by atoms with Gasteiger partial charge in [0.15, 0.2) is 0 Å². The van der Waals surface area contributed by atoms with Gasteiger partial charge in [-0.3, -0.25) is 0 Å². The van der Waals surface area contributed by atoms with Crippen LogP contribution in [0.25, 0.3) is 6.08 Å². The average Bonchev–Trinajstić information content (AvgIpc) is 2.26. The van der Waals surface area contributed by atoms with Gasteiger partial charge in [-0.2, -0.15) is 0 Å². The van der Waals surface area contributed by atoms with Gasteiger partial charge in [-0.15, -0.1) is 0 Å². The average molecular weight is 188 g/mol. The molecule has 74 valence electrons. The van der Waals surface area contributed by atoms with Gasteiger partial charge in [0.2, 0.25) is 0 Å². The van der Waals surface area contributed by atoms with Crippen molar-refractivity contribution < 1.29 is 4.74 Å². The van der Waals surface area contributed by atoms with E-state index < -0.39 is 0 Å². The van der Waals surface area contributed by atoms with Gasteiger partial charge in [0, 0.05) is 6.61 Å². The lowest BCUT2D eigenvalue weighted by atomic mass is 9.95. The van der Waals surface area contributed by atoms with E-state index in [1.165, 1.54) is 11.1 Å². The minimum atomic E-state index is 0.274. The third-order valence-electron chi connectivity index (χ3n) is 2.51. The number of fused-ring (bicyclic) bond motifs is 1. The Hall–Kier alpha value is -1.08. The van der Waals surface area contributed by atoms with Crippen LogP contribution in [0.5, 0.6) is 0 Å². The molecule has 2 rings (SSSR count). The van der Waals surface area contributed by atoms with Crippen LogP contribution >= 0.6 is 0 Å². The van der Waals surface area contributed by atoms with Crippen LogP contribution in [0.4, 0.5) is 0 Å². The number of benzene rings is 1. The van der Waals surface area contributed by atoms with Crippen molar-refractivity contribution in [3.05, 3.63) is 41.5 Å². The topological polar surface area (TPSA) is 9.23 Å². The molecular formula is C13H16O. The second-order valence-electron chi connectivity index (χ2n) is 3.63. The van der Waals surface area contributed by atoms with Gasteiger partial charge in [0.1, 0.15) is 0 Å². The zero-order valence-electron chi connectivity index (χ0n) is 8.57. The second kappa shape index (κ2) is 4.43. The molecule has 1 aliphatic rings. The summed E-state index contributed by atoms with van der Waals surface area (Å²) in [5.74, 6) is 0. The molecule has 0 saturated heterocycles. The van der Waals surface area contributed by atoms with E-state index in [2.05, 4.69) is 43.3 Å². The fourth-order valence-corrected chi connectivity index (χ4v) is 1.82. The van der Waals surface area contributed by atoms with Gasteiger partial charge >= 0.3 is 0 Å². The summed E-state index contributed by atoms with van der Waals surface area (Å²) in [7, 11) is 0. The lowest BCUT2D eigenvalue weighted by Crippen LogP contribution is -2.08. The Labute approximate surface area is 85.4 Å². The Balaban J connectivity index is 2.18. The molecule has 0 fully saturated rings. The highest BCUT2D eigenvalue weighted by Crippen LogP contribution is 2.30. The third kappa shape index (κ3) is 1.88. The molecule has 0 aromatic heterocycles. The smallest absolute Gasteiger partial charge is 0.0865 e. The maximum absolute atomic E-state index is 5.81. The predicted octanol–water partition coefficient (Wildman–Crippen LogP) is 3.57. The van der Waals surface area contributed by atoms with Crippen molar-refractivity contribution in [1.82, 2.24) is 0 Å². The number of hydrogen-bond donors (Lipinski definition) is 0. The van der Waals surface area contributed by atoms with Crippen molar-refractivity contribution in [2.45, 2.75) is 25.9 Å². The van der Waals surface area contributed by atoms with Crippen LogP contribution in [0, 0.1) is 0 Å². The van der Waals surface area contributed by atoms with E-state index in [9.17, 15) is 0 Å². The van der Waals surface area contributed by atoms with Gasteiger partial charge in [-0.1, -0.05) is 43.3 Å². The maximum Gasteiger partial charge on any atom is 0.0865 e. The first-order chi connectivity index (χ1) is 6.92. The highest BCUT2D eigenvalue weighted by Gasteiger charge is 2.15. The molecule has 1 atom stereocenters. The lowest BCUT2D eigenvalue weighted by Gasteiger charge is -2.21. The highest BCUT2D eigenvalue weighted by atomic mass is 16.5. The van der Waals surface area contributed by atoms with Crippen molar-refractivity contribution in [3.63, 3.8) is 0 Å². The van der Waals surface area contributed by atoms with Crippen LogP contribution in [-0.2, 0) is 4.74 Å². The molecule has 1 aliphatic carbocycles. The normalized spacial score (nSPS) is 19.4. The first-order valence-corrected chi connectivity index (χ1v) is 5.29. The van der Waals surface area contributed by atoms with Crippen LogP contribution in [0.15, 0.2) is 30.3 Å². The SMILES string of the molecule is CCCOC1CC=Cc2ccccc21. The van der Waals surface area contributed by atoms with E-state index in [0.717, 1.165) is 19.4 Å². The molecule has 0 spiro atoms. The summed E-state index contributed by atoms with van der Waals surface area (Å²) in [6, 6.07) is 8.47. The standard InChI is InChI=1S/C13H16O/c1-2-10-14-13-9-5-7-11-6-3-4-8-12(11)13/h3-8,13H,2,9-10H2,1H3. The Morgan fingerprint density at radius 1 is 1.36 bits per heavy atom. The Morgan fingerprint density at radius 3 is 3.07 bits per heavy atom. The fourth-order valence-electron chi connectivity index (χ4n) is 1.82. The lowest BCUT2D eigenvalue weighted by molar-refractivity contribution is 0.0543. The van der Waals surface area contributed by atoms with Crippen molar-refractivity contribution >= 4 is 6.08 Å². The molecule has 1 unspecified atom stereocenters. The van der Waals surface area contributed by atoms with Gasteiger partial charge in [-0.25, -0.2) is 0 Å². The second-order valence-corrected chi connectivity index (χ2v) is 3.63. The zero-order chi connectivity index (χ0) is 9.80. The summed E-state index contributed by atoms with van der Waals surface area (Å²) < 4.78 is 5.81. The van der Waals surface area contributed by atoms with Crippen LogP contribution in [0.1, 0.15) is 37.0 Å². The van der Waals surface area contributed by atoms with E-state index in [-0.39, 0.29) is 6.10 Å². The molecule has 0 heterocycles. The summed E-state index contributed by atoms with van der Waals surface area (Å²) in [5.41, 5.74) is 2.64. The largest absolute Gasteiger partial charge is 0.373 e. The summed E-state index contributed by atoms with van der Waals surface area (Å²) in [4.78, 5) is 0. The van der Waals surface area contributed by atoms with Crippen molar-refractivity contribution in [1.29, 1.82) is 0 Å². The first-order valence-electron chi connectivity index (χ1n) is 5.29. The quantitative estimate of drug-likeness (QED) is 0.704. The fraction of sp³-hybridized carbons (Fsp3) is 0.385. The van der Waals surface area contributed by atoms with Crippen LogP contribution in [-0.4, -0.2) is 6.61 Å². The molecule has 0 radical (unpaired) electrons. The van der Waals surface area contributed by atoms with E-state index in [4.69, 9.17) is 4.74 Å². The number of rotatable bonds is 3. The highest BCUT2D eigenvalue weighted by molar-refractivity contribution is 5.56. The molecule has 0 saturated carbocycles. The van der Waals surface area contributed by atoms with E-state index in [1.54, 1.807) is 0 Å². The van der Waals surface area contributed by atoms with Gasteiger partial charge in [0.05, 0.1) is 6.10 Å². The molecule has 1 heteroatoms. The Bertz CT molecular complexity index is 328. The van der Waals surface area contributed by atoms with Crippen molar-refractivity contribution in [2.75, 3.05) is 6.61 Å². The number of ether oxygens (including phenoxy) is 1. The van der Waals surface area contributed by atoms with Crippen LogP contribution < -0.4 is 0 Å². The molecule has 0 amide bonds. The summed E-state index contributed by atoms with van der Waals surface area (Å²) in [5, 5.41) is 0. The molecule has 0 N–H and O–H groups in total. The van der Waals surface area contributed by atoms with Gasteiger partial charge < -0.3 is 4.74 Å². The molecule has 1 nitrogen and oxygen atoms in total. The minimum Gasteiger partial charge on any atom is -0.373 e. The van der Waals surface area contributed by atoms with Gasteiger partial charge in [-0.05, 0) is 24.0 Å². The minimum absolute atomic E-state index is 0.274. The van der Waals surface area contributed by atoms with Crippen LogP contribution in [0.3, 0.4) is 0 Å². The summed E-state index contributed by atoms with van der Waals surface area (Å²) in [6.07, 6.45) is 6.75. The van der Waals surface area contributed by atoms with E-state index >= 15 is 0 Å². The van der Waals surface area contributed by atoms with E-state index in [0.29, 0.717) is 0 Å². The molecule has 1 aromatic rings. The van der Waals surface area contributed by atoms with Crippen LogP contribution in [0.2, 0.25) is 0 Å². The first kappa shape index (κ1) is 9.47. The summed E-state index contributed by atoms with van der Waals surface area (Å²) in [6.45, 7) is 3.00. The Kier molecular flexibility index (Phi) is 3.00. The monoisotopic (exact) mass is 188 g/mol. The molecule has 0 bridgehead atoms. The predicted molar refractivity (Wildman–Crippen MR) is 59.1 cm³/mol. The third-order valence-corrected chi connectivity index (χ3v) is 2.51. The van der Waals surface area contributed by atoms with Gasteiger partial charge in [0.25, 0.3) is 0 Å². The van der Waals surface area contributed by atoms with E-state index in [1.807, 2.05) is 0 Å². The summed E-state index contributed by atoms with van der Waals surface area (Å²) >= 11 is 0.